The van der Waals surface area contributed by atoms with E-state index in [4.69, 9.17) is 0 Å². The highest BCUT2D eigenvalue weighted by Gasteiger charge is 2.05. The van der Waals surface area contributed by atoms with Gasteiger partial charge in [0.1, 0.15) is 0 Å². The average Bonchev–Trinajstić information content (AvgIpc) is 2.36. The molecule has 0 unspecified atom stereocenters. The summed E-state index contributed by atoms with van der Waals surface area (Å²) in [4.78, 5) is 22.6. The fourth-order valence-electron chi connectivity index (χ4n) is 1.26. The number of methoxy groups -OCH3 is 1. The zero-order chi connectivity index (χ0) is 12.7. The number of hydrogen-bond acceptors (Lipinski definition) is 3. The molecule has 0 aromatic heterocycles. The Labute approximate surface area is 99.7 Å². The third-order valence-corrected chi connectivity index (χ3v) is 2.06. The number of ketones is 1. The smallest absolute Gasteiger partial charge is 0.330 e. The molecule has 1 rings (SSSR count). The number of carbonyl (C=O) groups excluding carboxylic acids is 2. The first-order valence-corrected chi connectivity index (χ1v) is 4.94. The van der Waals surface area contributed by atoms with Crippen LogP contribution in [-0.4, -0.2) is 18.9 Å². The van der Waals surface area contributed by atoms with Crippen molar-refractivity contribution in [3.63, 3.8) is 0 Å². The molecule has 0 radical (unpaired) electrons. The van der Waals surface area contributed by atoms with E-state index in [0.717, 1.165) is 0 Å². The summed E-state index contributed by atoms with van der Waals surface area (Å²) >= 11 is 0. The first-order valence-electron chi connectivity index (χ1n) is 4.94. The van der Waals surface area contributed by atoms with Gasteiger partial charge >= 0.3 is 5.97 Å². The molecule has 0 aliphatic rings. The van der Waals surface area contributed by atoms with Gasteiger partial charge in [-0.15, -0.1) is 5.73 Å². The van der Waals surface area contributed by atoms with Gasteiger partial charge in [-0.3, -0.25) is 4.79 Å². The topological polar surface area (TPSA) is 43.4 Å². The van der Waals surface area contributed by atoms with Crippen molar-refractivity contribution in [3.8, 4) is 0 Å². The van der Waals surface area contributed by atoms with E-state index < -0.39 is 5.97 Å². The van der Waals surface area contributed by atoms with E-state index in [-0.39, 0.29) is 5.78 Å². The van der Waals surface area contributed by atoms with Gasteiger partial charge in [-0.1, -0.05) is 30.8 Å². The van der Waals surface area contributed by atoms with E-state index in [1.807, 2.05) is 0 Å². The fourth-order valence-corrected chi connectivity index (χ4v) is 1.26. The van der Waals surface area contributed by atoms with E-state index in [9.17, 15) is 9.59 Å². The van der Waals surface area contributed by atoms with Crippen LogP contribution in [0.4, 0.5) is 0 Å². The minimum atomic E-state index is -0.466. The summed E-state index contributed by atoms with van der Waals surface area (Å²) in [5.74, 6) is -0.670. The Morgan fingerprint density at radius 3 is 2.71 bits per heavy atom. The SMILES string of the molecule is C=C=CC(=O)c1ccccc1/C=C/C(=O)OC. The zero-order valence-electron chi connectivity index (χ0n) is 9.47. The van der Waals surface area contributed by atoms with Crippen LogP contribution in [0.25, 0.3) is 6.08 Å². The number of ether oxygens (including phenoxy) is 1. The molecule has 0 saturated heterocycles. The first kappa shape index (κ1) is 12.7. The van der Waals surface area contributed by atoms with E-state index in [1.165, 1.54) is 25.3 Å². The molecular weight excluding hydrogens is 216 g/mol. The highest BCUT2D eigenvalue weighted by atomic mass is 16.5. The Hall–Kier alpha value is -2.38. The summed E-state index contributed by atoms with van der Waals surface area (Å²) in [7, 11) is 1.30. The van der Waals surface area contributed by atoms with Crippen molar-refractivity contribution < 1.29 is 14.3 Å². The standard InChI is InChI=1S/C14H12O3/c1-3-6-13(15)12-8-5-4-7-11(12)9-10-14(16)17-2/h4-10H,1H2,2H3/b10-9+. The maximum atomic E-state index is 11.7. The molecule has 0 amide bonds. The van der Waals surface area contributed by atoms with Crippen molar-refractivity contribution in [2.24, 2.45) is 0 Å². The van der Waals surface area contributed by atoms with Gasteiger partial charge in [-0.05, 0) is 11.6 Å². The number of carbonyl (C=O) groups is 2. The van der Waals surface area contributed by atoms with Crippen molar-refractivity contribution in [3.05, 3.63) is 59.9 Å². The Morgan fingerprint density at radius 2 is 2.06 bits per heavy atom. The van der Waals surface area contributed by atoms with Crippen LogP contribution in [0.5, 0.6) is 0 Å². The number of esters is 1. The van der Waals surface area contributed by atoms with Crippen molar-refractivity contribution in [1.29, 1.82) is 0 Å². The molecule has 0 saturated carbocycles. The van der Waals surface area contributed by atoms with Crippen molar-refractivity contribution in [2.45, 2.75) is 0 Å². The molecule has 0 spiro atoms. The molecule has 17 heavy (non-hydrogen) atoms. The van der Waals surface area contributed by atoms with Gasteiger partial charge in [0.15, 0.2) is 5.78 Å². The maximum absolute atomic E-state index is 11.7. The van der Waals surface area contributed by atoms with Gasteiger partial charge in [0.25, 0.3) is 0 Å². The van der Waals surface area contributed by atoms with E-state index in [2.05, 4.69) is 17.0 Å². The number of allylic oxidation sites excluding steroid dienone is 1. The van der Waals surface area contributed by atoms with Gasteiger partial charge in [-0.2, -0.15) is 0 Å². The van der Waals surface area contributed by atoms with Crippen LogP contribution in [0.1, 0.15) is 15.9 Å². The summed E-state index contributed by atoms with van der Waals surface area (Å²) in [5.41, 5.74) is 3.57. The van der Waals surface area contributed by atoms with Gasteiger partial charge in [0.05, 0.1) is 7.11 Å². The second kappa shape index (κ2) is 6.26. The molecule has 3 heteroatoms. The summed E-state index contributed by atoms with van der Waals surface area (Å²) < 4.78 is 4.48. The number of hydrogen-bond donors (Lipinski definition) is 0. The van der Waals surface area contributed by atoms with E-state index >= 15 is 0 Å². The molecule has 0 aliphatic heterocycles. The molecule has 1 aromatic rings. The van der Waals surface area contributed by atoms with Crippen molar-refractivity contribution >= 4 is 17.8 Å². The van der Waals surface area contributed by atoms with Crippen LogP contribution in [0.2, 0.25) is 0 Å². The molecule has 86 valence electrons. The van der Waals surface area contributed by atoms with Crippen LogP contribution in [0.3, 0.4) is 0 Å². The Kier molecular flexibility index (Phi) is 4.67. The monoisotopic (exact) mass is 228 g/mol. The lowest BCUT2D eigenvalue weighted by Crippen LogP contribution is -1.98. The van der Waals surface area contributed by atoms with Crippen molar-refractivity contribution in [2.75, 3.05) is 7.11 Å². The molecule has 0 bridgehead atoms. The first-order chi connectivity index (χ1) is 8.19. The third kappa shape index (κ3) is 3.59. The zero-order valence-corrected chi connectivity index (χ0v) is 9.47. The van der Waals surface area contributed by atoms with Gasteiger partial charge < -0.3 is 4.74 Å². The lowest BCUT2D eigenvalue weighted by molar-refractivity contribution is -0.134. The minimum Gasteiger partial charge on any atom is -0.466 e. The van der Waals surface area contributed by atoms with E-state index in [1.54, 1.807) is 24.3 Å². The van der Waals surface area contributed by atoms with Crippen LogP contribution in [0, 0.1) is 0 Å². The second-order valence-electron chi connectivity index (χ2n) is 3.16. The number of benzene rings is 1. The summed E-state index contributed by atoms with van der Waals surface area (Å²) in [5, 5.41) is 0. The van der Waals surface area contributed by atoms with Crippen LogP contribution < -0.4 is 0 Å². The van der Waals surface area contributed by atoms with Crippen molar-refractivity contribution in [1.82, 2.24) is 0 Å². The summed E-state index contributed by atoms with van der Waals surface area (Å²) in [6.45, 7) is 3.35. The minimum absolute atomic E-state index is 0.204. The largest absolute Gasteiger partial charge is 0.466 e. The highest BCUT2D eigenvalue weighted by Crippen LogP contribution is 2.12. The fraction of sp³-hybridized carbons (Fsp3) is 0.0714. The molecule has 0 N–H and O–H groups in total. The molecule has 0 aliphatic carbocycles. The maximum Gasteiger partial charge on any atom is 0.330 e. The quantitative estimate of drug-likeness (QED) is 0.344. The second-order valence-corrected chi connectivity index (χ2v) is 3.16. The molecule has 3 nitrogen and oxygen atoms in total. The van der Waals surface area contributed by atoms with Gasteiger partial charge in [0.2, 0.25) is 0 Å². The highest BCUT2D eigenvalue weighted by molar-refractivity contribution is 6.07. The average molecular weight is 228 g/mol. The van der Waals surface area contributed by atoms with Crippen LogP contribution >= 0.6 is 0 Å². The molecule has 1 aromatic carbocycles. The number of rotatable bonds is 4. The lowest BCUT2D eigenvalue weighted by atomic mass is 10.0. The summed E-state index contributed by atoms with van der Waals surface area (Å²) in [6.07, 6.45) is 4.06. The van der Waals surface area contributed by atoms with Gasteiger partial charge in [-0.25, -0.2) is 4.79 Å². The lowest BCUT2D eigenvalue weighted by Gasteiger charge is -2.00. The Balaban J connectivity index is 3.08. The molecule has 0 atom stereocenters. The third-order valence-electron chi connectivity index (χ3n) is 2.06. The molecular formula is C14H12O3. The Morgan fingerprint density at radius 1 is 1.35 bits per heavy atom. The van der Waals surface area contributed by atoms with Crippen LogP contribution in [0.15, 0.2) is 48.7 Å². The summed E-state index contributed by atoms with van der Waals surface area (Å²) in [6, 6.07) is 6.95. The predicted octanol–water partition coefficient (Wildman–Crippen LogP) is 2.40. The van der Waals surface area contributed by atoms with E-state index in [0.29, 0.717) is 11.1 Å². The van der Waals surface area contributed by atoms with Crippen LogP contribution in [-0.2, 0) is 9.53 Å². The predicted molar refractivity (Wildman–Crippen MR) is 65.5 cm³/mol. The van der Waals surface area contributed by atoms with Gasteiger partial charge in [0, 0.05) is 17.7 Å². The normalized spacial score (nSPS) is 9.71. The molecule has 0 heterocycles. The molecule has 0 fully saturated rings. The Bertz CT molecular complexity index is 506.